The van der Waals surface area contributed by atoms with Crippen molar-refractivity contribution >= 4 is 11.6 Å². The molecule has 0 aromatic carbocycles. The molecule has 0 heterocycles. The van der Waals surface area contributed by atoms with Crippen LogP contribution in [0.4, 0.5) is 0 Å². The molecule has 5 unspecified atom stereocenters. The topological polar surface area (TPSA) is 34.1 Å². The second-order valence-corrected chi connectivity index (χ2v) is 9.16. The lowest BCUT2D eigenvalue weighted by Gasteiger charge is -2.36. The summed E-state index contributed by atoms with van der Waals surface area (Å²) in [6.07, 6.45) is 13.4. The number of rotatable bonds is 4. The normalized spacial score (nSPS) is 38.7. The van der Waals surface area contributed by atoms with Crippen molar-refractivity contribution in [3.05, 3.63) is 0 Å². The van der Waals surface area contributed by atoms with E-state index in [1.54, 1.807) is 0 Å². The SMILES string of the molecule is CC1CCC(C(=O)C2CCCC(C(=O)C3CCCCC3)C2)CC1C. The molecule has 0 radical (unpaired) electrons. The lowest BCUT2D eigenvalue weighted by Crippen LogP contribution is -2.36. The van der Waals surface area contributed by atoms with Crippen LogP contribution >= 0.6 is 0 Å². The highest BCUT2D eigenvalue weighted by molar-refractivity contribution is 5.87. The van der Waals surface area contributed by atoms with Crippen molar-refractivity contribution < 1.29 is 9.59 Å². The van der Waals surface area contributed by atoms with Crippen LogP contribution in [-0.4, -0.2) is 11.6 Å². The highest BCUT2D eigenvalue weighted by Crippen LogP contribution is 2.40. The molecule has 24 heavy (non-hydrogen) atoms. The first-order valence-electron chi connectivity index (χ1n) is 10.6. The van der Waals surface area contributed by atoms with Crippen LogP contribution in [0, 0.1) is 35.5 Å². The maximum Gasteiger partial charge on any atom is 0.139 e. The maximum atomic E-state index is 13.0. The Morgan fingerprint density at radius 2 is 1.08 bits per heavy atom. The van der Waals surface area contributed by atoms with Crippen LogP contribution in [0.5, 0.6) is 0 Å². The third-order valence-corrected chi connectivity index (χ3v) is 7.49. The van der Waals surface area contributed by atoms with Crippen molar-refractivity contribution in [3.63, 3.8) is 0 Å². The summed E-state index contributed by atoms with van der Waals surface area (Å²) in [7, 11) is 0. The Balaban J connectivity index is 1.56. The molecular formula is C22H36O2. The van der Waals surface area contributed by atoms with Crippen LogP contribution in [0.15, 0.2) is 0 Å². The molecule has 3 rings (SSSR count). The van der Waals surface area contributed by atoms with Gasteiger partial charge in [0.2, 0.25) is 0 Å². The minimum atomic E-state index is 0.182. The highest BCUT2D eigenvalue weighted by Gasteiger charge is 2.38. The summed E-state index contributed by atoms with van der Waals surface area (Å²) in [5, 5.41) is 0. The third kappa shape index (κ3) is 4.11. The molecule has 0 saturated heterocycles. The average Bonchev–Trinajstić information content (AvgIpc) is 2.63. The Kier molecular flexibility index (Phi) is 6.16. The van der Waals surface area contributed by atoms with E-state index in [4.69, 9.17) is 0 Å². The van der Waals surface area contributed by atoms with E-state index in [0.717, 1.165) is 57.3 Å². The zero-order chi connectivity index (χ0) is 17.1. The summed E-state index contributed by atoms with van der Waals surface area (Å²) >= 11 is 0. The molecule has 0 N–H and O–H groups in total. The molecule has 3 aliphatic carbocycles. The Morgan fingerprint density at radius 1 is 0.542 bits per heavy atom. The molecule has 136 valence electrons. The van der Waals surface area contributed by atoms with E-state index in [1.165, 1.54) is 25.7 Å². The molecule has 3 aliphatic rings. The van der Waals surface area contributed by atoms with Crippen LogP contribution in [0.25, 0.3) is 0 Å². The smallest absolute Gasteiger partial charge is 0.139 e. The summed E-state index contributed by atoms with van der Waals surface area (Å²) in [5.41, 5.74) is 0. The number of carbonyl (C=O) groups is 2. The lowest BCUT2D eigenvalue weighted by atomic mass is 9.67. The molecule has 0 aliphatic heterocycles. The average molecular weight is 333 g/mol. The van der Waals surface area contributed by atoms with E-state index in [-0.39, 0.29) is 17.8 Å². The van der Waals surface area contributed by atoms with E-state index in [0.29, 0.717) is 23.4 Å². The van der Waals surface area contributed by atoms with E-state index < -0.39 is 0 Å². The van der Waals surface area contributed by atoms with E-state index >= 15 is 0 Å². The number of ketones is 2. The van der Waals surface area contributed by atoms with Crippen molar-refractivity contribution in [1.82, 2.24) is 0 Å². The van der Waals surface area contributed by atoms with Gasteiger partial charge in [-0.1, -0.05) is 39.5 Å². The van der Waals surface area contributed by atoms with Crippen molar-refractivity contribution in [2.45, 2.75) is 90.9 Å². The predicted molar refractivity (Wildman–Crippen MR) is 97.7 cm³/mol. The molecule has 5 atom stereocenters. The Bertz CT molecular complexity index is 449. The quantitative estimate of drug-likeness (QED) is 0.673. The number of Topliss-reactive ketones (excluding diaryl/α,β-unsaturated/α-hetero) is 2. The van der Waals surface area contributed by atoms with Gasteiger partial charge in [0.25, 0.3) is 0 Å². The molecule has 0 aromatic heterocycles. The van der Waals surface area contributed by atoms with E-state index in [1.807, 2.05) is 0 Å². The van der Waals surface area contributed by atoms with Gasteiger partial charge in [-0.3, -0.25) is 9.59 Å². The summed E-state index contributed by atoms with van der Waals surface area (Å²) < 4.78 is 0. The van der Waals surface area contributed by atoms with Gasteiger partial charge in [0.1, 0.15) is 11.6 Å². The molecule has 2 heteroatoms. The van der Waals surface area contributed by atoms with Gasteiger partial charge < -0.3 is 0 Å². The molecular weight excluding hydrogens is 296 g/mol. The number of hydrogen-bond donors (Lipinski definition) is 0. The fourth-order valence-corrected chi connectivity index (χ4v) is 5.57. The largest absolute Gasteiger partial charge is 0.299 e. The molecule has 3 fully saturated rings. The monoisotopic (exact) mass is 332 g/mol. The molecule has 0 aromatic rings. The first-order valence-corrected chi connectivity index (χ1v) is 10.6. The summed E-state index contributed by atoms with van der Waals surface area (Å²) in [6, 6.07) is 0. The van der Waals surface area contributed by atoms with Gasteiger partial charge in [-0.05, 0) is 63.2 Å². The highest BCUT2D eigenvalue weighted by atomic mass is 16.1. The summed E-state index contributed by atoms with van der Waals surface area (Å²) in [4.78, 5) is 25.9. The Labute approximate surface area is 148 Å². The van der Waals surface area contributed by atoms with Crippen LogP contribution in [0.2, 0.25) is 0 Å². The van der Waals surface area contributed by atoms with Gasteiger partial charge in [-0.2, -0.15) is 0 Å². The molecule has 2 nitrogen and oxygen atoms in total. The standard InChI is InChI=1S/C22H36O2/c1-15-11-12-20(13-16(15)2)22(24)19-10-6-9-18(14-19)21(23)17-7-4-3-5-8-17/h15-20H,3-14H2,1-2H3. The van der Waals surface area contributed by atoms with Gasteiger partial charge in [0.15, 0.2) is 0 Å². The Morgan fingerprint density at radius 3 is 1.71 bits per heavy atom. The molecule has 3 saturated carbocycles. The minimum Gasteiger partial charge on any atom is -0.299 e. The van der Waals surface area contributed by atoms with Crippen molar-refractivity contribution in [2.75, 3.05) is 0 Å². The minimum absolute atomic E-state index is 0.182. The van der Waals surface area contributed by atoms with Gasteiger partial charge in [-0.15, -0.1) is 0 Å². The lowest BCUT2D eigenvalue weighted by molar-refractivity contribution is -0.133. The molecule has 0 amide bonds. The van der Waals surface area contributed by atoms with Crippen LogP contribution in [0.1, 0.15) is 90.9 Å². The first kappa shape index (κ1) is 18.1. The van der Waals surface area contributed by atoms with Gasteiger partial charge in [-0.25, -0.2) is 0 Å². The number of hydrogen-bond acceptors (Lipinski definition) is 2. The fourth-order valence-electron chi connectivity index (χ4n) is 5.57. The zero-order valence-corrected chi connectivity index (χ0v) is 15.8. The van der Waals surface area contributed by atoms with Crippen molar-refractivity contribution in [2.24, 2.45) is 35.5 Å². The van der Waals surface area contributed by atoms with Crippen molar-refractivity contribution in [1.29, 1.82) is 0 Å². The summed E-state index contributed by atoms with van der Waals surface area (Å²) in [6.45, 7) is 4.63. The summed E-state index contributed by atoms with van der Waals surface area (Å²) in [5.74, 6) is 3.43. The maximum absolute atomic E-state index is 13.0. The van der Waals surface area contributed by atoms with Crippen LogP contribution in [-0.2, 0) is 9.59 Å². The molecule has 0 bridgehead atoms. The zero-order valence-electron chi connectivity index (χ0n) is 15.8. The van der Waals surface area contributed by atoms with E-state index in [9.17, 15) is 9.59 Å². The fraction of sp³-hybridized carbons (Fsp3) is 0.909. The predicted octanol–water partition coefficient (Wildman–Crippen LogP) is 5.58. The second kappa shape index (κ2) is 8.15. The third-order valence-electron chi connectivity index (χ3n) is 7.49. The van der Waals surface area contributed by atoms with Gasteiger partial charge >= 0.3 is 0 Å². The number of carbonyl (C=O) groups excluding carboxylic acids is 2. The molecule has 0 spiro atoms. The Hall–Kier alpha value is -0.660. The van der Waals surface area contributed by atoms with E-state index in [2.05, 4.69) is 13.8 Å². The van der Waals surface area contributed by atoms with Crippen molar-refractivity contribution in [3.8, 4) is 0 Å². The van der Waals surface area contributed by atoms with Gasteiger partial charge in [0, 0.05) is 23.7 Å². The van der Waals surface area contributed by atoms with Crippen LogP contribution in [0.3, 0.4) is 0 Å². The first-order chi connectivity index (χ1) is 11.6. The van der Waals surface area contributed by atoms with Crippen LogP contribution < -0.4 is 0 Å². The second-order valence-electron chi connectivity index (χ2n) is 9.16. The van der Waals surface area contributed by atoms with Gasteiger partial charge in [0.05, 0.1) is 0 Å².